The normalized spacial score (nSPS) is 18.6. The molecular weight excluding hydrogens is 376 g/mol. The Labute approximate surface area is 167 Å². The Hall–Kier alpha value is -1.93. The lowest BCUT2D eigenvalue weighted by molar-refractivity contribution is -0.121. The standard InChI is InChI=1S/C20H30N4O3S/c1-23(16-9-4-3-5-10-16)14-8-13-21-19(25)15-24(2)20-17-11-6-7-12-18(17)28(26,27)22-20/h6-7,11-12,16H,3-5,8-10,13-15H2,1-2H3,(H,21,25). The van der Waals surface area contributed by atoms with Crippen molar-refractivity contribution >= 4 is 21.8 Å². The largest absolute Gasteiger partial charge is 0.355 e. The molecule has 1 heterocycles. The first-order chi connectivity index (χ1) is 13.4. The Morgan fingerprint density at radius 2 is 1.89 bits per heavy atom. The van der Waals surface area contributed by atoms with Crippen LogP contribution in [0.25, 0.3) is 0 Å². The van der Waals surface area contributed by atoms with Crippen molar-refractivity contribution < 1.29 is 13.2 Å². The number of rotatable bonds is 7. The van der Waals surface area contributed by atoms with Crippen LogP contribution in [0.3, 0.4) is 0 Å². The van der Waals surface area contributed by atoms with E-state index in [0.29, 0.717) is 24.0 Å². The maximum Gasteiger partial charge on any atom is 0.285 e. The van der Waals surface area contributed by atoms with Gasteiger partial charge in [-0.1, -0.05) is 31.4 Å². The van der Waals surface area contributed by atoms with Crippen LogP contribution in [0.4, 0.5) is 0 Å². The molecule has 1 aliphatic carbocycles. The van der Waals surface area contributed by atoms with E-state index in [1.807, 2.05) is 0 Å². The molecule has 0 spiro atoms. The van der Waals surface area contributed by atoms with Gasteiger partial charge in [-0.25, -0.2) is 0 Å². The number of amidine groups is 1. The number of benzene rings is 1. The summed E-state index contributed by atoms with van der Waals surface area (Å²) in [4.78, 5) is 16.5. The topological polar surface area (TPSA) is 82.1 Å². The van der Waals surface area contributed by atoms with Crippen LogP contribution in [-0.2, 0) is 14.8 Å². The van der Waals surface area contributed by atoms with Crippen LogP contribution in [0.1, 0.15) is 44.1 Å². The van der Waals surface area contributed by atoms with Crippen molar-refractivity contribution in [2.75, 3.05) is 33.7 Å². The highest BCUT2D eigenvalue weighted by atomic mass is 32.2. The van der Waals surface area contributed by atoms with E-state index >= 15 is 0 Å². The lowest BCUT2D eigenvalue weighted by Crippen LogP contribution is -2.40. The molecule has 1 aliphatic heterocycles. The molecule has 3 rings (SSSR count). The van der Waals surface area contributed by atoms with Crippen molar-refractivity contribution in [1.29, 1.82) is 0 Å². The number of nitrogens with zero attached hydrogens (tertiary/aromatic N) is 3. The molecule has 1 fully saturated rings. The molecule has 0 saturated heterocycles. The van der Waals surface area contributed by atoms with E-state index < -0.39 is 10.0 Å². The maximum atomic E-state index is 12.3. The fraction of sp³-hybridized carbons (Fsp3) is 0.600. The van der Waals surface area contributed by atoms with Gasteiger partial charge >= 0.3 is 0 Å². The lowest BCUT2D eigenvalue weighted by Gasteiger charge is -2.31. The van der Waals surface area contributed by atoms with Gasteiger partial charge < -0.3 is 15.1 Å². The zero-order valence-electron chi connectivity index (χ0n) is 16.7. The number of hydrogen-bond acceptors (Lipinski definition) is 5. The smallest absolute Gasteiger partial charge is 0.285 e. The fourth-order valence-electron chi connectivity index (χ4n) is 3.97. The van der Waals surface area contributed by atoms with Crippen molar-refractivity contribution in [2.24, 2.45) is 4.40 Å². The Balaban J connectivity index is 1.44. The van der Waals surface area contributed by atoms with Gasteiger partial charge in [0.05, 0.1) is 6.54 Å². The van der Waals surface area contributed by atoms with Crippen LogP contribution in [0.15, 0.2) is 33.6 Å². The van der Waals surface area contributed by atoms with Crippen LogP contribution in [-0.4, -0.2) is 69.7 Å². The molecule has 0 bridgehead atoms. The third-order valence-electron chi connectivity index (χ3n) is 5.56. The molecule has 7 nitrogen and oxygen atoms in total. The van der Waals surface area contributed by atoms with Gasteiger partial charge in [0.25, 0.3) is 10.0 Å². The second kappa shape index (κ2) is 9.05. The van der Waals surface area contributed by atoms with E-state index in [1.54, 1.807) is 30.1 Å². The number of amides is 1. The number of fused-ring (bicyclic) bond motifs is 1. The molecule has 0 atom stereocenters. The average molecular weight is 407 g/mol. The molecule has 0 aromatic heterocycles. The molecule has 2 aliphatic rings. The zero-order chi connectivity index (χ0) is 20.1. The third kappa shape index (κ3) is 4.91. The summed E-state index contributed by atoms with van der Waals surface area (Å²) in [6.45, 7) is 1.66. The molecule has 0 radical (unpaired) electrons. The van der Waals surface area contributed by atoms with Gasteiger partial charge in [0.1, 0.15) is 4.90 Å². The molecule has 0 unspecified atom stereocenters. The van der Waals surface area contributed by atoms with Crippen molar-refractivity contribution in [3.8, 4) is 0 Å². The third-order valence-corrected chi connectivity index (χ3v) is 6.89. The van der Waals surface area contributed by atoms with E-state index in [1.165, 1.54) is 38.2 Å². The molecule has 28 heavy (non-hydrogen) atoms. The van der Waals surface area contributed by atoms with Gasteiger partial charge in [-0.15, -0.1) is 4.40 Å². The summed E-state index contributed by atoms with van der Waals surface area (Å²) in [5.74, 6) is 0.190. The van der Waals surface area contributed by atoms with E-state index in [2.05, 4.69) is 21.7 Å². The molecular formula is C20H30N4O3S. The minimum absolute atomic E-state index is 0.0706. The quantitative estimate of drug-likeness (QED) is 0.699. The molecule has 1 N–H and O–H groups in total. The summed E-state index contributed by atoms with van der Waals surface area (Å²) in [6.07, 6.45) is 7.45. The number of sulfonamides is 1. The van der Waals surface area contributed by atoms with Crippen molar-refractivity contribution in [1.82, 2.24) is 15.1 Å². The molecule has 1 aromatic carbocycles. The van der Waals surface area contributed by atoms with Crippen LogP contribution in [0.5, 0.6) is 0 Å². The summed E-state index contributed by atoms with van der Waals surface area (Å²) < 4.78 is 28.1. The van der Waals surface area contributed by atoms with E-state index in [4.69, 9.17) is 0 Å². The Kier molecular flexibility index (Phi) is 6.72. The first-order valence-corrected chi connectivity index (χ1v) is 11.4. The second-order valence-electron chi connectivity index (χ2n) is 7.72. The number of hydrogen-bond donors (Lipinski definition) is 1. The highest BCUT2D eigenvalue weighted by Gasteiger charge is 2.30. The van der Waals surface area contributed by atoms with Crippen LogP contribution in [0, 0.1) is 0 Å². The monoisotopic (exact) mass is 406 g/mol. The highest BCUT2D eigenvalue weighted by Crippen LogP contribution is 2.26. The minimum Gasteiger partial charge on any atom is -0.355 e. The highest BCUT2D eigenvalue weighted by molar-refractivity contribution is 7.90. The van der Waals surface area contributed by atoms with Gasteiger partial charge in [0.15, 0.2) is 5.84 Å². The van der Waals surface area contributed by atoms with Crippen LogP contribution < -0.4 is 5.32 Å². The predicted octanol–water partition coefficient (Wildman–Crippen LogP) is 1.84. The molecule has 1 saturated carbocycles. The lowest BCUT2D eigenvalue weighted by atomic mass is 9.94. The molecule has 8 heteroatoms. The number of carbonyl (C=O) groups excluding carboxylic acids is 1. The van der Waals surface area contributed by atoms with Crippen molar-refractivity contribution in [3.63, 3.8) is 0 Å². The van der Waals surface area contributed by atoms with Gasteiger partial charge in [0.2, 0.25) is 5.91 Å². The summed E-state index contributed by atoms with van der Waals surface area (Å²) in [5, 5.41) is 2.93. The summed E-state index contributed by atoms with van der Waals surface area (Å²) >= 11 is 0. The summed E-state index contributed by atoms with van der Waals surface area (Å²) in [6, 6.07) is 7.38. The van der Waals surface area contributed by atoms with Gasteiger partial charge in [-0.3, -0.25) is 4.79 Å². The molecule has 154 valence electrons. The zero-order valence-corrected chi connectivity index (χ0v) is 17.5. The number of likely N-dealkylation sites (N-methyl/N-ethyl adjacent to an activating group) is 1. The molecule has 1 amide bonds. The second-order valence-corrected chi connectivity index (χ2v) is 9.29. The first kappa shape index (κ1) is 20.8. The van der Waals surface area contributed by atoms with E-state index in [9.17, 15) is 13.2 Å². The maximum absolute atomic E-state index is 12.3. The van der Waals surface area contributed by atoms with Crippen molar-refractivity contribution in [3.05, 3.63) is 29.8 Å². The number of nitrogens with one attached hydrogen (secondary N) is 1. The van der Waals surface area contributed by atoms with Crippen LogP contribution in [0.2, 0.25) is 0 Å². The Bertz CT molecular complexity index is 832. The number of carbonyl (C=O) groups is 1. The Morgan fingerprint density at radius 1 is 1.18 bits per heavy atom. The first-order valence-electron chi connectivity index (χ1n) is 10.0. The summed E-state index contributed by atoms with van der Waals surface area (Å²) in [5.41, 5.74) is 0.548. The predicted molar refractivity (Wildman–Crippen MR) is 110 cm³/mol. The average Bonchev–Trinajstić information content (AvgIpc) is 2.97. The van der Waals surface area contributed by atoms with Gasteiger partial charge in [-0.05, 0) is 45.0 Å². The minimum atomic E-state index is -3.67. The van der Waals surface area contributed by atoms with E-state index in [-0.39, 0.29) is 17.3 Å². The molecule has 1 aromatic rings. The van der Waals surface area contributed by atoms with Crippen molar-refractivity contribution in [2.45, 2.75) is 49.5 Å². The SMILES string of the molecule is CN(CC(=O)NCCCN(C)C1CCCCC1)C1=NS(=O)(=O)c2ccccc21. The fourth-order valence-corrected chi connectivity index (χ4v) is 5.22. The van der Waals surface area contributed by atoms with Gasteiger partial charge in [-0.2, -0.15) is 8.42 Å². The van der Waals surface area contributed by atoms with Gasteiger partial charge in [0, 0.05) is 25.2 Å². The Morgan fingerprint density at radius 3 is 2.64 bits per heavy atom. The van der Waals surface area contributed by atoms with E-state index in [0.717, 1.165) is 13.0 Å². The van der Waals surface area contributed by atoms with Crippen LogP contribution >= 0.6 is 0 Å². The summed E-state index contributed by atoms with van der Waals surface area (Å²) in [7, 11) is 0.188.